The maximum Gasteiger partial charge on any atom is 0.244 e. The Morgan fingerprint density at radius 2 is 1.96 bits per heavy atom. The number of H-pyrrole nitrogens is 1. The van der Waals surface area contributed by atoms with Gasteiger partial charge >= 0.3 is 0 Å². The Hall–Kier alpha value is -2.36. The van der Waals surface area contributed by atoms with Gasteiger partial charge < -0.3 is 4.74 Å². The smallest absolute Gasteiger partial charge is 0.244 e. The van der Waals surface area contributed by atoms with Crippen LogP contribution in [0, 0.1) is 6.92 Å². The summed E-state index contributed by atoms with van der Waals surface area (Å²) in [6.45, 7) is 2.08. The van der Waals surface area contributed by atoms with Crippen molar-refractivity contribution < 1.29 is 13.2 Å². The number of aryl methyl sites for hydroxylation is 1. The summed E-state index contributed by atoms with van der Waals surface area (Å²) in [5, 5.41) is 7.61. The molecule has 0 radical (unpaired) electrons. The van der Waals surface area contributed by atoms with Gasteiger partial charge in [0.05, 0.1) is 7.11 Å². The second-order valence-corrected chi connectivity index (χ2v) is 8.53. The molecule has 27 heavy (non-hydrogen) atoms. The van der Waals surface area contributed by atoms with E-state index in [0.29, 0.717) is 22.5 Å². The first-order valence-corrected chi connectivity index (χ1v) is 10.7. The summed E-state index contributed by atoms with van der Waals surface area (Å²) in [6.07, 6.45) is 0. The summed E-state index contributed by atoms with van der Waals surface area (Å²) in [5.74, 6) is 1.50. The van der Waals surface area contributed by atoms with Crippen LogP contribution in [-0.4, -0.2) is 43.0 Å². The third kappa shape index (κ3) is 4.88. The Labute approximate surface area is 162 Å². The molecular formula is C18H20N4O3S2. The van der Waals surface area contributed by atoms with E-state index in [1.165, 1.54) is 18.9 Å². The number of aromatic amines is 1. The largest absolute Gasteiger partial charge is 0.495 e. The van der Waals surface area contributed by atoms with Gasteiger partial charge in [-0.15, -0.1) is 5.10 Å². The molecule has 0 fully saturated rings. The van der Waals surface area contributed by atoms with Crippen molar-refractivity contribution in [3.8, 4) is 17.1 Å². The molecule has 0 amide bonds. The number of hydrogen-bond acceptors (Lipinski definition) is 6. The van der Waals surface area contributed by atoms with Crippen LogP contribution in [-0.2, 0) is 10.0 Å². The van der Waals surface area contributed by atoms with Crippen molar-refractivity contribution in [1.29, 1.82) is 0 Å². The van der Waals surface area contributed by atoms with Gasteiger partial charge in [0.1, 0.15) is 10.6 Å². The molecule has 0 bridgehead atoms. The van der Waals surface area contributed by atoms with Crippen LogP contribution < -0.4 is 9.46 Å². The first-order valence-electron chi connectivity index (χ1n) is 8.24. The average molecular weight is 405 g/mol. The average Bonchev–Trinajstić information content (AvgIpc) is 3.15. The van der Waals surface area contributed by atoms with E-state index in [1.54, 1.807) is 18.2 Å². The van der Waals surface area contributed by atoms with Gasteiger partial charge in [-0.1, -0.05) is 48.2 Å². The molecule has 2 N–H and O–H groups in total. The number of rotatable bonds is 8. The quantitative estimate of drug-likeness (QED) is 0.443. The number of thioether (sulfide) groups is 1. The fourth-order valence-electron chi connectivity index (χ4n) is 2.43. The normalized spacial score (nSPS) is 11.5. The fourth-order valence-corrected chi connectivity index (χ4v) is 4.49. The maximum atomic E-state index is 12.5. The molecule has 0 spiro atoms. The highest BCUT2D eigenvalue weighted by Gasteiger charge is 2.19. The third-order valence-electron chi connectivity index (χ3n) is 3.75. The van der Waals surface area contributed by atoms with Crippen LogP contribution in [0.4, 0.5) is 0 Å². The zero-order valence-corrected chi connectivity index (χ0v) is 16.6. The lowest BCUT2D eigenvalue weighted by Gasteiger charge is -2.11. The van der Waals surface area contributed by atoms with E-state index in [0.717, 1.165) is 11.1 Å². The van der Waals surface area contributed by atoms with Crippen molar-refractivity contribution >= 4 is 21.8 Å². The molecule has 9 heteroatoms. The second-order valence-electron chi connectivity index (χ2n) is 5.73. The summed E-state index contributed by atoms with van der Waals surface area (Å²) in [5.41, 5.74) is 1.80. The molecule has 0 atom stereocenters. The van der Waals surface area contributed by atoms with Crippen LogP contribution in [0.1, 0.15) is 5.56 Å². The minimum Gasteiger partial charge on any atom is -0.495 e. The fraction of sp³-hybridized carbons (Fsp3) is 0.222. The van der Waals surface area contributed by atoms with E-state index in [-0.39, 0.29) is 11.4 Å². The molecule has 1 aromatic heterocycles. The number of ether oxygens (including phenoxy) is 1. The highest BCUT2D eigenvalue weighted by molar-refractivity contribution is 7.99. The topological polar surface area (TPSA) is 97.0 Å². The lowest BCUT2D eigenvalue weighted by atomic mass is 10.2. The van der Waals surface area contributed by atoms with E-state index in [9.17, 15) is 8.42 Å². The van der Waals surface area contributed by atoms with Crippen molar-refractivity contribution in [2.75, 3.05) is 19.4 Å². The first kappa shape index (κ1) is 19.4. The number of aromatic nitrogens is 3. The number of hydrogen-bond donors (Lipinski definition) is 2. The number of nitrogens with zero attached hydrogens (tertiary/aromatic N) is 2. The summed E-state index contributed by atoms with van der Waals surface area (Å²) >= 11 is 1.37. The number of nitrogens with one attached hydrogen (secondary N) is 2. The first-order chi connectivity index (χ1) is 13.0. The van der Waals surface area contributed by atoms with Gasteiger partial charge in [-0.05, 0) is 24.6 Å². The molecule has 0 unspecified atom stereocenters. The summed E-state index contributed by atoms with van der Waals surface area (Å²) in [4.78, 5) is 4.55. The van der Waals surface area contributed by atoms with E-state index in [2.05, 4.69) is 19.9 Å². The van der Waals surface area contributed by atoms with E-state index in [4.69, 9.17) is 4.74 Å². The van der Waals surface area contributed by atoms with Crippen LogP contribution >= 0.6 is 11.8 Å². The van der Waals surface area contributed by atoms with Crippen LogP contribution in [0.5, 0.6) is 5.75 Å². The zero-order valence-electron chi connectivity index (χ0n) is 15.0. The molecule has 0 saturated carbocycles. The van der Waals surface area contributed by atoms with Gasteiger partial charge in [-0.2, -0.15) is 0 Å². The molecule has 0 saturated heterocycles. The van der Waals surface area contributed by atoms with Gasteiger partial charge in [0.25, 0.3) is 0 Å². The van der Waals surface area contributed by atoms with Crippen molar-refractivity contribution in [2.24, 2.45) is 0 Å². The Bertz CT molecular complexity index is 1000. The molecule has 2 aromatic carbocycles. The summed E-state index contributed by atoms with van der Waals surface area (Å²) in [7, 11) is -2.20. The molecule has 142 valence electrons. The van der Waals surface area contributed by atoms with Gasteiger partial charge in [0.15, 0.2) is 5.82 Å². The van der Waals surface area contributed by atoms with E-state index in [1.807, 2.05) is 37.3 Å². The van der Waals surface area contributed by atoms with Crippen molar-refractivity contribution in [3.05, 3.63) is 54.1 Å². The van der Waals surface area contributed by atoms with Gasteiger partial charge in [0, 0.05) is 17.9 Å². The number of benzene rings is 2. The summed E-state index contributed by atoms with van der Waals surface area (Å²) in [6, 6.07) is 14.7. The highest BCUT2D eigenvalue weighted by Crippen LogP contribution is 2.24. The van der Waals surface area contributed by atoms with Crippen molar-refractivity contribution in [3.63, 3.8) is 0 Å². The Kier molecular flexibility index (Phi) is 6.15. The lowest BCUT2D eigenvalue weighted by Crippen LogP contribution is -2.26. The van der Waals surface area contributed by atoms with Gasteiger partial charge in [-0.3, -0.25) is 5.10 Å². The van der Waals surface area contributed by atoms with E-state index >= 15 is 0 Å². The number of sulfonamides is 1. The Balaban J connectivity index is 1.57. The van der Waals surface area contributed by atoms with Crippen LogP contribution in [0.25, 0.3) is 11.4 Å². The van der Waals surface area contributed by atoms with Gasteiger partial charge in [-0.25, -0.2) is 18.1 Å². The minimum atomic E-state index is -3.65. The SMILES string of the molecule is COc1ccc(C)cc1S(=O)(=O)NCCSc1n[nH]c(-c2ccccc2)n1. The minimum absolute atomic E-state index is 0.138. The van der Waals surface area contributed by atoms with E-state index < -0.39 is 10.0 Å². The third-order valence-corrected chi connectivity index (χ3v) is 6.08. The second kappa shape index (κ2) is 8.55. The number of methoxy groups -OCH3 is 1. The van der Waals surface area contributed by atoms with Crippen molar-refractivity contribution in [1.82, 2.24) is 19.9 Å². The molecule has 3 aromatic rings. The predicted octanol–water partition coefficient (Wildman–Crippen LogP) is 2.86. The van der Waals surface area contributed by atoms with Crippen LogP contribution in [0.2, 0.25) is 0 Å². The molecule has 0 aliphatic carbocycles. The maximum absolute atomic E-state index is 12.5. The lowest BCUT2D eigenvalue weighted by molar-refractivity contribution is 0.402. The van der Waals surface area contributed by atoms with Crippen LogP contribution in [0.3, 0.4) is 0 Å². The molecular weight excluding hydrogens is 384 g/mol. The molecule has 7 nitrogen and oxygen atoms in total. The molecule has 1 heterocycles. The van der Waals surface area contributed by atoms with Crippen LogP contribution in [0.15, 0.2) is 58.6 Å². The highest BCUT2D eigenvalue weighted by atomic mass is 32.2. The standard InChI is InChI=1S/C18H20N4O3S2/c1-13-8-9-15(25-2)16(12-13)27(23,24)19-10-11-26-18-20-17(21-22-18)14-6-4-3-5-7-14/h3-9,12,19H,10-11H2,1-2H3,(H,20,21,22). The molecule has 3 rings (SSSR count). The van der Waals surface area contributed by atoms with Crippen molar-refractivity contribution in [2.45, 2.75) is 17.0 Å². The zero-order chi connectivity index (χ0) is 19.3. The predicted molar refractivity (Wildman–Crippen MR) is 105 cm³/mol. The Morgan fingerprint density at radius 3 is 2.70 bits per heavy atom. The molecule has 0 aliphatic heterocycles. The monoisotopic (exact) mass is 404 g/mol. The van der Waals surface area contributed by atoms with Gasteiger partial charge in [0.2, 0.25) is 15.2 Å². The molecule has 0 aliphatic rings. The Morgan fingerprint density at radius 1 is 1.19 bits per heavy atom. The summed E-state index contributed by atoms with van der Waals surface area (Å²) < 4.78 is 32.8.